The van der Waals surface area contributed by atoms with E-state index < -0.39 is 23.8 Å². The minimum Gasteiger partial charge on any atom is -0.481 e. The molecule has 1 aromatic heterocycles. The van der Waals surface area contributed by atoms with Gasteiger partial charge in [0, 0.05) is 41.9 Å². The number of thioether (sulfide) groups is 1. The van der Waals surface area contributed by atoms with Gasteiger partial charge in [0.15, 0.2) is 5.78 Å². The van der Waals surface area contributed by atoms with Crippen LogP contribution < -0.4 is 5.32 Å². The summed E-state index contributed by atoms with van der Waals surface area (Å²) >= 11 is 1.32. The molecule has 1 unspecified atom stereocenters. The lowest BCUT2D eigenvalue weighted by Crippen LogP contribution is -2.33. The molecule has 0 aliphatic carbocycles. The molecule has 0 bridgehead atoms. The average Bonchev–Trinajstić information content (AvgIpc) is 2.59. The normalized spacial score (nSPS) is 11.4. The van der Waals surface area contributed by atoms with E-state index in [4.69, 9.17) is 5.11 Å². The monoisotopic (exact) mass is 354 g/mol. The highest BCUT2D eigenvalue weighted by Gasteiger charge is 2.23. The van der Waals surface area contributed by atoms with Crippen molar-refractivity contribution in [1.82, 2.24) is 10.3 Å². The molecular weight excluding hydrogens is 336 g/mol. The maximum absolute atomic E-state index is 12.3. The number of methoxy groups -OCH3 is 1. The predicted molar refractivity (Wildman–Crippen MR) is 86.7 cm³/mol. The van der Waals surface area contributed by atoms with Crippen molar-refractivity contribution in [3.8, 4) is 0 Å². The third kappa shape index (κ3) is 6.78. The second-order valence-corrected chi connectivity index (χ2v) is 5.87. The van der Waals surface area contributed by atoms with Crippen LogP contribution in [0.1, 0.15) is 16.8 Å². The molecule has 0 spiro atoms. The Labute approximate surface area is 143 Å². The standard InChI is InChI=1S/C15H18N2O6S/c1-23-15(22)14(21)17-5-6-24-9-11(7-12(18)19)13(20)10-3-2-4-16-8-10/h2-4,8,11H,5-7,9H2,1H3,(H,17,21)(H,18,19). The van der Waals surface area contributed by atoms with E-state index in [0.717, 1.165) is 7.11 Å². The molecule has 0 saturated carbocycles. The number of amides is 1. The average molecular weight is 354 g/mol. The quantitative estimate of drug-likeness (QED) is 0.282. The van der Waals surface area contributed by atoms with Gasteiger partial charge in [-0.05, 0) is 12.1 Å². The number of esters is 1. The van der Waals surface area contributed by atoms with Crippen LogP contribution in [0.4, 0.5) is 0 Å². The van der Waals surface area contributed by atoms with E-state index in [1.165, 1.54) is 24.2 Å². The fourth-order valence-electron chi connectivity index (χ4n) is 1.81. The SMILES string of the molecule is COC(=O)C(=O)NCCSCC(CC(=O)O)C(=O)c1cccnc1. The van der Waals surface area contributed by atoms with Gasteiger partial charge in [0.05, 0.1) is 13.5 Å². The summed E-state index contributed by atoms with van der Waals surface area (Å²) in [6, 6.07) is 3.20. The molecule has 0 radical (unpaired) electrons. The molecule has 9 heteroatoms. The van der Waals surface area contributed by atoms with Gasteiger partial charge in [-0.25, -0.2) is 4.79 Å². The smallest absolute Gasteiger partial charge is 0.396 e. The van der Waals surface area contributed by atoms with Crippen molar-refractivity contribution in [2.75, 3.05) is 25.2 Å². The highest BCUT2D eigenvalue weighted by molar-refractivity contribution is 7.99. The molecule has 1 aromatic rings. The molecule has 0 aromatic carbocycles. The van der Waals surface area contributed by atoms with E-state index in [2.05, 4.69) is 15.0 Å². The van der Waals surface area contributed by atoms with Gasteiger partial charge in [0.25, 0.3) is 0 Å². The number of nitrogens with zero attached hydrogens (tertiary/aromatic N) is 1. The number of carbonyl (C=O) groups excluding carboxylic acids is 3. The summed E-state index contributed by atoms with van der Waals surface area (Å²) in [5, 5.41) is 11.3. The van der Waals surface area contributed by atoms with Crippen LogP contribution in [0.5, 0.6) is 0 Å². The summed E-state index contributed by atoms with van der Waals surface area (Å²) in [6.07, 6.45) is 2.65. The number of aliphatic carboxylic acids is 1. The number of hydrogen-bond donors (Lipinski definition) is 2. The summed E-state index contributed by atoms with van der Waals surface area (Å²) in [5.74, 6) is -3.13. The van der Waals surface area contributed by atoms with E-state index in [0.29, 0.717) is 11.3 Å². The van der Waals surface area contributed by atoms with Gasteiger partial charge in [-0.15, -0.1) is 0 Å². The molecule has 1 rings (SSSR count). The van der Waals surface area contributed by atoms with E-state index in [9.17, 15) is 19.2 Å². The number of carbonyl (C=O) groups is 4. The van der Waals surface area contributed by atoms with Gasteiger partial charge >= 0.3 is 17.8 Å². The lowest BCUT2D eigenvalue weighted by Gasteiger charge is -2.13. The molecule has 0 aliphatic heterocycles. The maximum Gasteiger partial charge on any atom is 0.396 e. The summed E-state index contributed by atoms with van der Waals surface area (Å²) in [4.78, 5) is 49.2. The van der Waals surface area contributed by atoms with Gasteiger partial charge < -0.3 is 15.2 Å². The van der Waals surface area contributed by atoms with Crippen LogP contribution in [0.3, 0.4) is 0 Å². The van der Waals surface area contributed by atoms with Crippen molar-refractivity contribution in [2.24, 2.45) is 5.92 Å². The first-order chi connectivity index (χ1) is 11.5. The van der Waals surface area contributed by atoms with Crippen LogP contribution in [-0.2, 0) is 19.1 Å². The molecule has 1 atom stereocenters. The molecular formula is C15H18N2O6S. The Bertz CT molecular complexity index is 593. The number of carboxylic acids is 1. The summed E-state index contributed by atoms with van der Waals surface area (Å²) in [7, 11) is 1.11. The number of aromatic nitrogens is 1. The van der Waals surface area contributed by atoms with Crippen molar-refractivity contribution in [3.05, 3.63) is 30.1 Å². The van der Waals surface area contributed by atoms with Crippen molar-refractivity contribution in [1.29, 1.82) is 0 Å². The van der Waals surface area contributed by atoms with Crippen LogP contribution in [0.15, 0.2) is 24.5 Å². The lowest BCUT2D eigenvalue weighted by molar-refractivity contribution is -0.152. The number of pyridine rings is 1. The summed E-state index contributed by atoms with van der Waals surface area (Å²) in [5.41, 5.74) is 0.364. The molecule has 0 fully saturated rings. The molecule has 2 N–H and O–H groups in total. The highest BCUT2D eigenvalue weighted by atomic mass is 32.2. The second-order valence-electron chi connectivity index (χ2n) is 4.72. The van der Waals surface area contributed by atoms with Gasteiger partial charge in [-0.1, -0.05) is 0 Å². The third-order valence-corrected chi connectivity index (χ3v) is 4.09. The molecule has 1 heterocycles. The number of nitrogens with one attached hydrogen (secondary N) is 1. The molecule has 24 heavy (non-hydrogen) atoms. The fraction of sp³-hybridized carbons (Fsp3) is 0.400. The Kier molecular flexibility index (Phi) is 8.48. The first kappa shape index (κ1) is 19.6. The highest BCUT2D eigenvalue weighted by Crippen LogP contribution is 2.17. The topological polar surface area (TPSA) is 123 Å². The Hall–Kier alpha value is -2.42. The van der Waals surface area contributed by atoms with Crippen LogP contribution in [-0.4, -0.2) is 58.9 Å². The summed E-state index contributed by atoms with van der Waals surface area (Å²) in [6.45, 7) is 0.208. The molecule has 0 saturated heterocycles. The Morgan fingerprint density at radius 2 is 2.12 bits per heavy atom. The summed E-state index contributed by atoms with van der Waals surface area (Å²) < 4.78 is 4.26. The zero-order valence-electron chi connectivity index (χ0n) is 13.1. The van der Waals surface area contributed by atoms with E-state index in [-0.39, 0.29) is 24.5 Å². The van der Waals surface area contributed by atoms with Crippen LogP contribution in [0.2, 0.25) is 0 Å². The number of rotatable bonds is 9. The molecule has 130 valence electrons. The van der Waals surface area contributed by atoms with Crippen molar-refractivity contribution in [2.45, 2.75) is 6.42 Å². The van der Waals surface area contributed by atoms with E-state index >= 15 is 0 Å². The minimum absolute atomic E-state index is 0.208. The number of hydrogen-bond acceptors (Lipinski definition) is 7. The Morgan fingerprint density at radius 3 is 2.71 bits per heavy atom. The van der Waals surface area contributed by atoms with E-state index in [1.54, 1.807) is 12.1 Å². The third-order valence-electron chi connectivity index (χ3n) is 2.96. The maximum atomic E-state index is 12.3. The van der Waals surface area contributed by atoms with Gasteiger partial charge in [0.1, 0.15) is 0 Å². The second kappa shape index (κ2) is 10.4. The first-order valence-corrected chi connectivity index (χ1v) is 8.21. The van der Waals surface area contributed by atoms with Gasteiger partial charge in [0.2, 0.25) is 0 Å². The first-order valence-electron chi connectivity index (χ1n) is 7.05. The van der Waals surface area contributed by atoms with Crippen molar-refractivity contribution < 1.29 is 29.0 Å². The fourth-order valence-corrected chi connectivity index (χ4v) is 2.78. The largest absolute Gasteiger partial charge is 0.481 e. The van der Waals surface area contributed by atoms with E-state index in [1.807, 2.05) is 0 Å². The molecule has 8 nitrogen and oxygen atoms in total. The number of ether oxygens (including phenoxy) is 1. The zero-order chi connectivity index (χ0) is 17.9. The Balaban J connectivity index is 2.47. The lowest BCUT2D eigenvalue weighted by atomic mass is 9.97. The zero-order valence-corrected chi connectivity index (χ0v) is 13.9. The van der Waals surface area contributed by atoms with Crippen LogP contribution in [0, 0.1) is 5.92 Å². The van der Waals surface area contributed by atoms with Crippen LogP contribution in [0.25, 0.3) is 0 Å². The number of Topliss-reactive ketones (excluding diaryl/α,β-unsaturated/α-hetero) is 1. The van der Waals surface area contributed by atoms with Crippen molar-refractivity contribution in [3.63, 3.8) is 0 Å². The number of carboxylic acid groups (broad SMARTS) is 1. The van der Waals surface area contributed by atoms with Gasteiger partial charge in [-0.2, -0.15) is 11.8 Å². The number of ketones is 1. The predicted octanol–water partition coefficient (Wildman–Crippen LogP) is 0.378. The van der Waals surface area contributed by atoms with Crippen molar-refractivity contribution >= 4 is 35.4 Å². The molecule has 1 amide bonds. The molecule has 0 aliphatic rings. The minimum atomic E-state index is -1.06. The Morgan fingerprint density at radius 1 is 1.38 bits per heavy atom. The van der Waals surface area contributed by atoms with Gasteiger partial charge in [-0.3, -0.25) is 19.4 Å². The van der Waals surface area contributed by atoms with Crippen LogP contribution >= 0.6 is 11.8 Å².